The predicted octanol–water partition coefficient (Wildman–Crippen LogP) is 3.69. The van der Waals surface area contributed by atoms with Gasteiger partial charge in [0.05, 0.1) is 5.56 Å². The summed E-state index contributed by atoms with van der Waals surface area (Å²) in [5.74, 6) is 0.395. The zero-order valence-corrected chi connectivity index (χ0v) is 12.5. The summed E-state index contributed by atoms with van der Waals surface area (Å²) in [6.45, 7) is 4.05. The van der Waals surface area contributed by atoms with E-state index in [4.69, 9.17) is 0 Å². The van der Waals surface area contributed by atoms with Crippen molar-refractivity contribution < 1.29 is 4.79 Å². The van der Waals surface area contributed by atoms with Gasteiger partial charge in [0.2, 0.25) is 0 Å². The highest BCUT2D eigenvalue weighted by molar-refractivity contribution is 9.10. The van der Waals surface area contributed by atoms with E-state index in [1.54, 1.807) is 6.07 Å². The van der Waals surface area contributed by atoms with Crippen molar-refractivity contribution in [1.82, 2.24) is 10.2 Å². The van der Waals surface area contributed by atoms with E-state index < -0.39 is 0 Å². The van der Waals surface area contributed by atoms with Crippen LogP contribution in [0.5, 0.6) is 0 Å². The largest absolute Gasteiger partial charge is 0.305 e. The molecule has 2 rings (SSSR count). The molecule has 19 heavy (non-hydrogen) atoms. The van der Waals surface area contributed by atoms with Gasteiger partial charge in [-0.25, -0.2) is 0 Å². The van der Waals surface area contributed by atoms with Gasteiger partial charge in [-0.15, -0.1) is 0 Å². The number of nitrogens with one attached hydrogen (secondary N) is 2. The number of aromatic nitrogens is 2. The monoisotopic (exact) mass is 321 g/mol. The minimum absolute atomic E-state index is 0.162. The molecule has 1 aromatic heterocycles. The van der Waals surface area contributed by atoms with Gasteiger partial charge in [0.15, 0.2) is 5.82 Å². The first-order valence-electron chi connectivity index (χ1n) is 6.22. The van der Waals surface area contributed by atoms with E-state index >= 15 is 0 Å². The average Bonchev–Trinajstić information content (AvgIpc) is 2.80. The van der Waals surface area contributed by atoms with Crippen LogP contribution in [0.4, 0.5) is 5.82 Å². The highest BCUT2D eigenvalue weighted by Gasteiger charge is 2.12. The molecule has 0 spiro atoms. The van der Waals surface area contributed by atoms with Gasteiger partial charge in [-0.1, -0.05) is 25.5 Å². The molecule has 2 aromatic rings. The Balaban J connectivity index is 2.14. The number of nitrogens with zero attached hydrogens (tertiary/aromatic N) is 1. The average molecular weight is 322 g/mol. The highest BCUT2D eigenvalue weighted by atomic mass is 79.9. The lowest BCUT2D eigenvalue weighted by Crippen LogP contribution is -2.13. The van der Waals surface area contributed by atoms with Gasteiger partial charge in [0, 0.05) is 16.2 Å². The minimum Gasteiger partial charge on any atom is -0.305 e. The van der Waals surface area contributed by atoms with Crippen LogP contribution in [0.3, 0.4) is 0 Å². The van der Waals surface area contributed by atoms with Gasteiger partial charge in [-0.2, -0.15) is 5.10 Å². The number of carbonyl (C=O) groups excluding carboxylic acids is 1. The third kappa shape index (κ3) is 3.23. The topological polar surface area (TPSA) is 57.8 Å². The Morgan fingerprint density at radius 1 is 1.47 bits per heavy atom. The number of aryl methyl sites for hydroxylation is 2. The van der Waals surface area contributed by atoms with Crippen LogP contribution >= 0.6 is 15.9 Å². The second-order valence-electron chi connectivity index (χ2n) is 4.42. The first-order chi connectivity index (χ1) is 9.11. The molecule has 1 amide bonds. The van der Waals surface area contributed by atoms with Crippen LogP contribution in [-0.2, 0) is 6.42 Å². The van der Waals surface area contributed by atoms with Gasteiger partial charge < -0.3 is 5.32 Å². The molecule has 2 N–H and O–H groups in total. The first-order valence-corrected chi connectivity index (χ1v) is 7.02. The van der Waals surface area contributed by atoms with E-state index in [0.29, 0.717) is 11.4 Å². The Morgan fingerprint density at radius 2 is 2.26 bits per heavy atom. The fourth-order valence-electron chi connectivity index (χ4n) is 1.83. The molecule has 1 aromatic carbocycles. The molecule has 0 fully saturated rings. The normalized spacial score (nSPS) is 10.5. The van der Waals surface area contributed by atoms with E-state index in [0.717, 1.165) is 28.6 Å². The number of rotatable bonds is 4. The molecule has 0 aliphatic rings. The number of benzene rings is 1. The van der Waals surface area contributed by atoms with Crippen molar-refractivity contribution in [2.75, 3.05) is 5.32 Å². The summed E-state index contributed by atoms with van der Waals surface area (Å²) >= 11 is 3.44. The van der Waals surface area contributed by atoms with Crippen molar-refractivity contribution in [3.63, 3.8) is 0 Å². The van der Waals surface area contributed by atoms with Gasteiger partial charge >= 0.3 is 0 Å². The Labute approximate surface area is 120 Å². The smallest absolute Gasteiger partial charge is 0.258 e. The van der Waals surface area contributed by atoms with Crippen LogP contribution in [0.25, 0.3) is 0 Å². The third-order valence-corrected chi connectivity index (χ3v) is 3.88. The first kappa shape index (κ1) is 13.8. The second kappa shape index (κ2) is 6.02. The van der Waals surface area contributed by atoms with Gasteiger partial charge in [-0.3, -0.25) is 9.89 Å². The van der Waals surface area contributed by atoms with Crippen LogP contribution < -0.4 is 5.32 Å². The van der Waals surface area contributed by atoms with E-state index in [9.17, 15) is 4.79 Å². The summed E-state index contributed by atoms with van der Waals surface area (Å²) < 4.78 is 0.816. The maximum atomic E-state index is 12.2. The van der Waals surface area contributed by atoms with Crippen molar-refractivity contribution in [3.05, 3.63) is 45.6 Å². The Hall–Kier alpha value is -1.62. The van der Waals surface area contributed by atoms with Crippen molar-refractivity contribution in [1.29, 1.82) is 0 Å². The predicted molar refractivity (Wildman–Crippen MR) is 79.4 cm³/mol. The number of hydrogen-bond acceptors (Lipinski definition) is 2. The molecule has 5 heteroatoms. The Kier molecular flexibility index (Phi) is 4.37. The highest BCUT2D eigenvalue weighted by Crippen LogP contribution is 2.22. The second-order valence-corrected chi connectivity index (χ2v) is 5.21. The molecular formula is C14H16BrN3O. The molecule has 0 saturated carbocycles. The molecular weight excluding hydrogens is 306 g/mol. The SMILES string of the molecule is CCCc1cc(NC(=O)c2cccc(C)c2Br)n[nH]1. The molecule has 0 atom stereocenters. The molecule has 1 heterocycles. The lowest BCUT2D eigenvalue weighted by Gasteiger charge is -2.06. The summed E-state index contributed by atoms with van der Waals surface area (Å²) in [7, 11) is 0. The molecule has 0 saturated heterocycles. The maximum Gasteiger partial charge on any atom is 0.258 e. The van der Waals surface area contributed by atoms with Gasteiger partial charge in [-0.05, 0) is 40.9 Å². The number of anilines is 1. The fourth-order valence-corrected chi connectivity index (χ4v) is 2.27. The van der Waals surface area contributed by atoms with E-state index in [1.165, 1.54) is 0 Å². The zero-order valence-electron chi connectivity index (χ0n) is 11.0. The van der Waals surface area contributed by atoms with Crippen molar-refractivity contribution in [3.8, 4) is 0 Å². The van der Waals surface area contributed by atoms with E-state index in [2.05, 4.69) is 38.4 Å². The van der Waals surface area contributed by atoms with Crippen molar-refractivity contribution >= 4 is 27.7 Å². The maximum absolute atomic E-state index is 12.2. The van der Waals surface area contributed by atoms with E-state index in [1.807, 2.05) is 25.1 Å². The fraction of sp³-hybridized carbons (Fsp3) is 0.286. The number of hydrogen-bond donors (Lipinski definition) is 2. The molecule has 0 unspecified atom stereocenters. The van der Waals surface area contributed by atoms with E-state index in [-0.39, 0.29) is 5.91 Å². The minimum atomic E-state index is -0.162. The lowest BCUT2D eigenvalue weighted by molar-refractivity contribution is 0.102. The van der Waals surface area contributed by atoms with Crippen molar-refractivity contribution in [2.24, 2.45) is 0 Å². The van der Waals surface area contributed by atoms with Gasteiger partial charge in [0.1, 0.15) is 0 Å². The van der Waals surface area contributed by atoms with Crippen LogP contribution in [0.1, 0.15) is 35.0 Å². The molecule has 4 nitrogen and oxygen atoms in total. The molecule has 100 valence electrons. The standard InChI is InChI=1S/C14H16BrN3O/c1-3-5-10-8-12(18-17-10)16-14(19)11-7-4-6-9(2)13(11)15/h4,6-8H,3,5H2,1-2H3,(H2,16,17,18,19). The summed E-state index contributed by atoms with van der Waals surface area (Å²) in [4.78, 5) is 12.2. The number of H-pyrrole nitrogens is 1. The number of aromatic amines is 1. The van der Waals surface area contributed by atoms with Crippen LogP contribution in [-0.4, -0.2) is 16.1 Å². The molecule has 0 bridgehead atoms. The third-order valence-electron chi connectivity index (χ3n) is 2.83. The molecule has 0 aliphatic heterocycles. The van der Waals surface area contributed by atoms with Crippen LogP contribution in [0.2, 0.25) is 0 Å². The summed E-state index contributed by atoms with van der Waals surface area (Å²) in [5.41, 5.74) is 2.67. The number of amides is 1. The van der Waals surface area contributed by atoms with Crippen LogP contribution in [0, 0.1) is 6.92 Å². The quantitative estimate of drug-likeness (QED) is 0.902. The van der Waals surface area contributed by atoms with Crippen LogP contribution in [0.15, 0.2) is 28.7 Å². The zero-order chi connectivity index (χ0) is 13.8. The molecule has 0 aliphatic carbocycles. The summed E-state index contributed by atoms with van der Waals surface area (Å²) in [6.07, 6.45) is 1.97. The van der Waals surface area contributed by atoms with Crippen molar-refractivity contribution in [2.45, 2.75) is 26.7 Å². The lowest BCUT2D eigenvalue weighted by atomic mass is 10.1. The summed E-state index contributed by atoms with van der Waals surface area (Å²) in [5, 5.41) is 9.79. The number of carbonyl (C=O) groups is 1. The number of halogens is 1. The summed E-state index contributed by atoms with van der Waals surface area (Å²) in [6, 6.07) is 7.47. The Bertz CT molecular complexity index is 592. The molecule has 0 radical (unpaired) electrons. The Morgan fingerprint density at radius 3 is 3.00 bits per heavy atom. The van der Waals surface area contributed by atoms with Gasteiger partial charge in [0.25, 0.3) is 5.91 Å².